The van der Waals surface area contributed by atoms with Crippen LogP contribution in [0.15, 0.2) is 95.3 Å². The van der Waals surface area contributed by atoms with Gasteiger partial charge >= 0.3 is 0 Å². The van der Waals surface area contributed by atoms with Gasteiger partial charge in [-0.2, -0.15) is 0 Å². The lowest BCUT2D eigenvalue weighted by molar-refractivity contribution is -0.147. The number of anilines is 2. The molecule has 0 unspecified atom stereocenters. The predicted octanol–water partition coefficient (Wildman–Crippen LogP) is 5.08. The molecule has 2 heterocycles. The number of hydrogen-bond acceptors (Lipinski definition) is 6. The Labute approximate surface area is 202 Å². The number of nitrogens with two attached hydrogens (primary N) is 1. The van der Waals surface area contributed by atoms with Crippen LogP contribution in [0.3, 0.4) is 0 Å². The zero-order valence-corrected chi connectivity index (χ0v) is 19.0. The van der Waals surface area contributed by atoms with Gasteiger partial charge in [0.25, 0.3) is 5.91 Å². The van der Waals surface area contributed by atoms with Crippen molar-refractivity contribution >= 4 is 28.3 Å². The number of rotatable bonds is 7. The molecule has 0 saturated heterocycles. The Morgan fingerprint density at radius 2 is 1.77 bits per heavy atom. The number of carbonyl (C=O) groups is 1. The molecule has 0 fully saturated rings. The molecule has 7 heteroatoms. The first-order valence-electron chi connectivity index (χ1n) is 11.4. The number of amides is 1. The summed E-state index contributed by atoms with van der Waals surface area (Å²) in [5, 5.41) is 13.1. The van der Waals surface area contributed by atoms with Crippen molar-refractivity contribution in [1.29, 1.82) is 0 Å². The summed E-state index contributed by atoms with van der Waals surface area (Å²) in [6.45, 7) is 0.290. The lowest BCUT2D eigenvalue weighted by Gasteiger charge is -2.29. The minimum Gasteiger partial charge on any atom is -0.464 e. The summed E-state index contributed by atoms with van der Waals surface area (Å²) in [7, 11) is 0. The van der Waals surface area contributed by atoms with Gasteiger partial charge in [-0.25, -0.2) is 0 Å². The fraction of sp³-hybridized carbons (Fsp3) is 0.179. The molecule has 178 valence electrons. The highest BCUT2D eigenvalue weighted by Gasteiger charge is 2.30. The first-order chi connectivity index (χ1) is 17.1. The maximum atomic E-state index is 13.1. The third-order valence-electron chi connectivity index (χ3n) is 6.04. The van der Waals surface area contributed by atoms with Crippen molar-refractivity contribution in [2.75, 3.05) is 11.1 Å². The smallest absolute Gasteiger partial charge is 0.290 e. The Balaban J connectivity index is 1.39. The van der Waals surface area contributed by atoms with Crippen molar-refractivity contribution in [2.45, 2.75) is 31.8 Å². The summed E-state index contributed by atoms with van der Waals surface area (Å²) >= 11 is 0. The quantitative estimate of drug-likeness (QED) is 0.325. The minimum atomic E-state index is -0.648. The molecule has 0 spiro atoms. The molecule has 1 aliphatic heterocycles. The lowest BCUT2D eigenvalue weighted by atomic mass is 9.92. The molecule has 1 aliphatic rings. The van der Waals surface area contributed by atoms with Gasteiger partial charge in [0.05, 0.1) is 30.9 Å². The summed E-state index contributed by atoms with van der Waals surface area (Å²) in [5.41, 5.74) is 10.5. The molecule has 0 saturated carbocycles. The minimum absolute atomic E-state index is 0.0115. The van der Waals surface area contributed by atoms with E-state index in [0.717, 1.165) is 27.7 Å². The van der Waals surface area contributed by atoms with Crippen LogP contribution in [0, 0.1) is 0 Å². The van der Waals surface area contributed by atoms with Crippen LogP contribution in [0.1, 0.15) is 29.0 Å². The number of furan rings is 1. The Hall–Kier alpha value is -4.07. The number of aliphatic hydroxyl groups is 1. The Kier molecular flexibility index (Phi) is 6.52. The Morgan fingerprint density at radius 1 is 1.03 bits per heavy atom. The number of fused-ring (bicyclic) bond motifs is 1. The van der Waals surface area contributed by atoms with Gasteiger partial charge < -0.3 is 30.0 Å². The number of nitrogens with one attached hydrogen (secondary N) is 1. The van der Waals surface area contributed by atoms with Crippen LogP contribution in [-0.4, -0.2) is 17.3 Å². The second kappa shape index (κ2) is 10.0. The molecule has 4 aromatic rings. The summed E-state index contributed by atoms with van der Waals surface area (Å²) in [6.07, 6.45) is 3.40. The van der Waals surface area contributed by atoms with E-state index in [9.17, 15) is 9.90 Å². The molecule has 1 amide bonds. The van der Waals surface area contributed by atoms with E-state index >= 15 is 0 Å². The topological polar surface area (TPSA) is 107 Å². The molecule has 1 aromatic heterocycles. The molecule has 35 heavy (non-hydrogen) atoms. The van der Waals surface area contributed by atoms with E-state index in [1.54, 1.807) is 30.5 Å². The Bertz CT molecular complexity index is 1360. The number of nitrogen functional groups attached to an aromatic ring is 1. The maximum absolute atomic E-state index is 13.1. The lowest BCUT2D eigenvalue weighted by Crippen LogP contribution is -2.29. The third kappa shape index (κ3) is 5.06. The normalized spacial score (nSPS) is 17.6. The van der Waals surface area contributed by atoms with E-state index in [1.807, 2.05) is 54.6 Å². The van der Waals surface area contributed by atoms with Gasteiger partial charge in [-0.3, -0.25) is 4.79 Å². The average molecular weight is 471 g/mol. The van der Waals surface area contributed by atoms with Gasteiger partial charge in [0.15, 0.2) is 5.76 Å². The number of para-hydroxylation sites is 3. The molecule has 0 aliphatic carbocycles. The first kappa shape index (κ1) is 22.7. The summed E-state index contributed by atoms with van der Waals surface area (Å²) in [6, 6.07) is 22.4. The zero-order chi connectivity index (χ0) is 24.2. The molecule has 0 radical (unpaired) electrons. The van der Waals surface area contributed by atoms with Gasteiger partial charge in [0.2, 0.25) is 6.29 Å². The standard InChI is InChI=1S/C28H26N2O5/c29-23-6-2-3-7-24(23)30-28(32)26-13-20(22-17-33-25-8-4-1-5-21(22)25)14-27(35-26)34-16-19-11-9-18(15-31)10-12-19/h1-13,17,20,27,31H,14-16,29H2,(H,30,32)/t20-,27+/m1/s1. The molecular formula is C28H26N2O5. The highest BCUT2D eigenvalue weighted by atomic mass is 16.7. The number of benzene rings is 3. The van der Waals surface area contributed by atoms with E-state index < -0.39 is 12.2 Å². The summed E-state index contributed by atoms with van der Waals surface area (Å²) < 4.78 is 17.8. The molecule has 5 rings (SSSR count). The molecule has 7 nitrogen and oxygen atoms in total. The SMILES string of the molecule is Nc1ccccc1NC(=O)C1=C[C@@H](c2coc3ccccc23)C[C@@H](OCc2ccc(CO)cc2)O1. The van der Waals surface area contributed by atoms with Crippen LogP contribution in [0.2, 0.25) is 0 Å². The van der Waals surface area contributed by atoms with E-state index in [4.69, 9.17) is 19.6 Å². The fourth-order valence-electron chi connectivity index (χ4n) is 4.15. The van der Waals surface area contributed by atoms with Crippen LogP contribution in [0.4, 0.5) is 11.4 Å². The summed E-state index contributed by atoms with van der Waals surface area (Å²) in [4.78, 5) is 13.1. The largest absolute Gasteiger partial charge is 0.464 e. The van der Waals surface area contributed by atoms with Crippen molar-refractivity contribution in [2.24, 2.45) is 0 Å². The third-order valence-corrected chi connectivity index (χ3v) is 6.04. The van der Waals surface area contributed by atoms with E-state index in [2.05, 4.69) is 5.32 Å². The van der Waals surface area contributed by atoms with Gasteiger partial charge in [-0.15, -0.1) is 0 Å². The monoisotopic (exact) mass is 470 g/mol. The number of hydrogen-bond donors (Lipinski definition) is 3. The van der Waals surface area contributed by atoms with Gasteiger partial charge in [0, 0.05) is 23.3 Å². The molecular weight excluding hydrogens is 444 g/mol. The molecule has 4 N–H and O–H groups in total. The van der Waals surface area contributed by atoms with Crippen LogP contribution in [-0.2, 0) is 27.5 Å². The van der Waals surface area contributed by atoms with Crippen LogP contribution in [0.25, 0.3) is 11.0 Å². The summed E-state index contributed by atoms with van der Waals surface area (Å²) in [5.74, 6) is -0.389. The zero-order valence-electron chi connectivity index (χ0n) is 19.0. The van der Waals surface area contributed by atoms with Crippen LogP contribution in [0.5, 0.6) is 0 Å². The van der Waals surface area contributed by atoms with Gasteiger partial charge in [-0.05, 0) is 35.4 Å². The predicted molar refractivity (Wildman–Crippen MR) is 133 cm³/mol. The molecule has 3 aromatic carbocycles. The van der Waals surface area contributed by atoms with Crippen molar-refractivity contribution in [3.8, 4) is 0 Å². The second-order valence-electron chi connectivity index (χ2n) is 8.43. The van der Waals surface area contributed by atoms with E-state index in [1.165, 1.54) is 0 Å². The molecule has 2 atom stereocenters. The molecule has 0 bridgehead atoms. The first-order valence-corrected chi connectivity index (χ1v) is 11.4. The van der Waals surface area contributed by atoms with Crippen molar-refractivity contribution in [3.63, 3.8) is 0 Å². The van der Waals surface area contributed by atoms with Crippen LogP contribution < -0.4 is 11.1 Å². The fourth-order valence-corrected chi connectivity index (χ4v) is 4.15. The van der Waals surface area contributed by atoms with Gasteiger partial charge in [-0.1, -0.05) is 54.6 Å². The highest BCUT2D eigenvalue weighted by Crippen LogP contribution is 2.37. The van der Waals surface area contributed by atoms with E-state index in [-0.39, 0.29) is 18.3 Å². The number of allylic oxidation sites excluding steroid dienone is 1. The average Bonchev–Trinajstić information content (AvgIpc) is 3.33. The van der Waals surface area contributed by atoms with Crippen molar-refractivity contribution < 1.29 is 23.8 Å². The van der Waals surface area contributed by atoms with Gasteiger partial charge in [0.1, 0.15) is 5.58 Å². The highest BCUT2D eigenvalue weighted by molar-refractivity contribution is 6.04. The maximum Gasteiger partial charge on any atom is 0.290 e. The number of ether oxygens (including phenoxy) is 2. The van der Waals surface area contributed by atoms with E-state index in [0.29, 0.717) is 24.4 Å². The van der Waals surface area contributed by atoms with Crippen LogP contribution >= 0.6 is 0 Å². The Morgan fingerprint density at radius 3 is 2.57 bits per heavy atom. The second-order valence-corrected chi connectivity index (χ2v) is 8.43. The number of aliphatic hydroxyl groups excluding tert-OH is 1. The number of carbonyl (C=O) groups excluding carboxylic acids is 1. The van der Waals surface area contributed by atoms with Crippen molar-refractivity contribution in [3.05, 3.63) is 108 Å². The van der Waals surface area contributed by atoms with Crippen molar-refractivity contribution in [1.82, 2.24) is 0 Å².